The third-order valence-electron chi connectivity index (χ3n) is 2.64. The van der Waals surface area contributed by atoms with E-state index in [-0.39, 0.29) is 23.5 Å². The number of rotatable bonds is 4. The molecule has 0 aliphatic heterocycles. The van der Waals surface area contributed by atoms with Gasteiger partial charge in [-0.25, -0.2) is 13.6 Å². The predicted octanol–water partition coefficient (Wildman–Crippen LogP) is 3.05. The lowest BCUT2D eigenvalue weighted by Gasteiger charge is -2.20. The number of hydrogen-bond acceptors (Lipinski definition) is 4. The van der Waals surface area contributed by atoms with Crippen molar-refractivity contribution in [3.8, 4) is 5.75 Å². The number of aromatic hydroxyl groups is 1. The summed E-state index contributed by atoms with van der Waals surface area (Å²) >= 11 is 0. The van der Waals surface area contributed by atoms with Gasteiger partial charge in [-0.05, 0) is 38.5 Å². The number of nitrogens with two attached hydrogens (primary N) is 1. The summed E-state index contributed by atoms with van der Waals surface area (Å²) in [6.07, 6.45) is -3.37. The standard InChI is InChI=1S/C14H20F2N2O3/c1-14(2,3)21-13(20)18-10-5-4-8(6-11(10)19)9(7-17)12(15)16/h4-6,9,12,19H,7,17H2,1-3H3,(H,18,20). The van der Waals surface area contributed by atoms with Gasteiger partial charge in [0.15, 0.2) is 0 Å². The highest BCUT2D eigenvalue weighted by atomic mass is 19.3. The molecule has 0 fully saturated rings. The van der Waals surface area contributed by atoms with Crippen molar-refractivity contribution in [2.24, 2.45) is 5.73 Å². The maximum Gasteiger partial charge on any atom is 0.412 e. The highest BCUT2D eigenvalue weighted by Crippen LogP contribution is 2.30. The summed E-state index contributed by atoms with van der Waals surface area (Å²) in [7, 11) is 0. The van der Waals surface area contributed by atoms with Gasteiger partial charge in [-0.2, -0.15) is 0 Å². The molecule has 0 spiro atoms. The van der Waals surface area contributed by atoms with Gasteiger partial charge in [-0.1, -0.05) is 6.07 Å². The van der Waals surface area contributed by atoms with Gasteiger partial charge in [0.2, 0.25) is 6.43 Å². The molecule has 21 heavy (non-hydrogen) atoms. The number of benzene rings is 1. The van der Waals surface area contributed by atoms with E-state index in [2.05, 4.69) is 5.32 Å². The van der Waals surface area contributed by atoms with Crippen molar-refractivity contribution in [1.29, 1.82) is 0 Å². The zero-order chi connectivity index (χ0) is 16.2. The molecule has 0 aliphatic rings. The normalized spacial score (nSPS) is 13.1. The molecule has 0 saturated heterocycles. The predicted molar refractivity (Wildman–Crippen MR) is 75.8 cm³/mol. The van der Waals surface area contributed by atoms with E-state index in [1.54, 1.807) is 20.8 Å². The van der Waals surface area contributed by atoms with Crippen LogP contribution >= 0.6 is 0 Å². The highest BCUT2D eigenvalue weighted by Gasteiger charge is 2.22. The molecule has 0 saturated carbocycles. The Hall–Kier alpha value is -1.89. The first kappa shape index (κ1) is 17.2. The number of carbonyl (C=O) groups excluding carboxylic acids is 1. The first-order valence-electron chi connectivity index (χ1n) is 6.45. The Labute approximate surface area is 122 Å². The summed E-state index contributed by atoms with van der Waals surface area (Å²) in [5.41, 5.74) is 4.90. The second-order valence-electron chi connectivity index (χ2n) is 5.58. The largest absolute Gasteiger partial charge is 0.506 e. The van der Waals surface area contributed by atoms with Crippen LogP contribution in [0.1, 0.15) is 32.3 Å². The van der Waals surface area contributed by atoms with Crippen LogP contribution in [0.3, 0.4) is 0 Å². The van der Waals surface area contributed by atoms with Gasteiger partial charge >= 0.3 is 6.09 Å². The molecular formula is C14H20F2N2O3. The van der Waals surface area contributed by atoms with Gasteiger partial charge in [0.25, 0.3) is 0 Å². The molecule has 1 aromatic carbocycles. The van der Waals surface area contributed by atoms with E-state index in [0.717, 1.165) is 6.07 Å². The molecule has 0 bridgehead atoms. The molecular weight excluding hydrogens is 282 g/mol. The van der Waals surface area contributed by atoms with Gasteiger partial charge in [-0.15, -0.1) is 0 Å². The molecule has 5 nitrogen and oxygen atoms in total. The monoisotopic (exact) mass is 302 g/mol. The second-order valence-corrected chi connectivity index (χ2v) is 5.58. The molecule has 1 aromatic rings. The quantitative estimate of drug-likeness (QED) is 0.746. The van der Waals surface area contributed by atoms with Crippen LogP contribution in [0, 0.1) is 0 Å². The van der Waals surface area contributed by atoms with Crippen LogP contribution in [0.15, 0.2) is 18.2 Å². The molecule has 7 heteroatoms. The number of alkyl halides is 2. The Kier molecular flexibility index (Phi) is 5.48. The molecule has 1 amide bonds. The fourth-order valence-corrected chi connectivity index (χ4v) is 1.68. The Balaban J connectivity index is 2.86. The molecule has 1 rings (SSSR count). The Morgan fingerprint density at radius 3 is 2.48 bits per heavy atom. The number of phenols is 1. The van der Waals surface area contributed by atoms with Crippen molar-refractivity contribution in [3.05, 3.63) is 23.8 Å². The zero-order valence-electron chi connectivity index (χ0n) is 12.2. The lowest BCUT2D eigenvalue weighted by atomic mass is 9.99. The van der Waals surface area contributed by atoms with Crippen molar-refractivity contribution in [1.82, 2.24) is 0 Å². The van der Waals surface area contributed by atoms with Crippen molar-refractivity contribution in [2.75, 3.05) is 11.9 Å². The van der Waals surface area contributed by atoms with Crippen LogP contribution in [0.2, 0.25) is 0 Å². The van der Waals surface area contributed by atoms with E-state index < -0.39 is 24.0 Å². The zero-order valence-corrected chi connectivity index (χ0v) is 12.2. The molecule has 0 radical (unpaired) electrons. The van der Waals surface area contributed by atoms with E-state index in [1.165, 1.54) is 12.1 Å². The average molecular weight is 302 g/mol. The minimum absolute atomic E-state index is 0.0815. The van der Waals surface area contributed by atoms with Crippen LogP contribution < -0.4 is 11.1 Å². The second kappa shape index (κ2) is 6.71. The average Bonchev–Trinajstić information content (AvgIpc) is 2.30. The molecule has 118 valence electrons. The molecule has 0 aliphatic carbocycles. The number of nitrogens with one attached hydrogen (secondary N) is 1. The SMILES string of the molecule is CC(C)(C)OC(=O)Nc1ccc(C(CN)C(F)F)cc1O. The summed E-state index contributed by atoms with van der Waals surface area (Å²) in [5.74, 6) is -1.48. The number of halogens is 2. The lowest BCUT2D eigenvalue weighted by molar-refractivity contribution is 0.0635. The molecule has 4 N–H and O–H groups in total. The lowest BCUT2D eigenvalue weighted by Crippen LogP contribution is -2.27. The number of phenolic OH excluding ortho intramolecular Hbond substituents is 1. The van der Waals surface area contributed by atoms with E-state index in [9.17, 15) is 18.7 Å². The Morgan fingerprint density at radius 1 is 1.43 bits per heavy atom. The Bertz CT molecular complexity index is 501. The summed E-state index contributed by atoms with van der Waals surface area (Å²) in [5, 5.41) is 12.2. The summed E-state index contributed by atoms with van der Waals surface area (Å²) in [6.45, 7) is 4.86. The summed E-state index contributed by atoms with van der Waals surface area (Å²) in [6, 6.07) is 3.88. The van der Waals surface area contributed by atoms with E-state index >= 15 is 0 Å². The molecule has 0 aromatic heterocycles. The van der Waals surface area contributed by atoms with Crippen LogP contribution in [0.4, 0.5) is 19.3 Å². The maximum atomic E-state index is 12.8. The number of carbonyl (C=O) groups is 1. The van der Waals surface area contributed by atoms with E-state index in [0.29, 0.717) is 0 Å². The van der Waals surface area contributed by atoms with Crippen molar-refractivity contribution in [3.63, 3.8) is 0 Å². The first-order chi connectivity index (χ1) is 9.64. The molecule has 0 heterocycles. The van der Waals surface area contributed by atoms with Gasteiger partial charge in [0.1, 0.15) is 11.4 Å². The fraction of sp³-hybridized carbons (Fsp3) is 0.500. The molecule has 1 atom stereocenters. The number of anilines is 1. The topological polar surface area (TPSA) is 84.6 Å². The van der Waals surface area contributed by atoms with E-state index in [4.69, 9.17) is 10.5 Å². The molecule has 1 unspecified atom stereocenters. The fourth-order valence-electron chi connectivity index (χ4n) is 1.68. The van der Waals surface area contributed by atoms with Crippen LogP contribution in [0.25, 0.3) is 0 Å². The van der Waals surface area contributed by atoms with Crippen LogP contribution in [0.5, 0.6) is 5.75 Å². The maximum absolute atomic E-state index is 12.8. The number of amides is 1. The van der Waals surface area contributed by atoms with Crippen molar-refractivity contribution < 1.29 is 23.4 Å². The number of hydrogen-bond donors (Lipinski definition) is 3. The van der Waals surface area contributed by atoms with Crippen LogP contribution in [-0.4, -0.2) is 29.8 Å². The van der Waals surface area contributed by atoms with Crippen molar-refractivity contribution >= 4 is 11.8 Å². The van der Waals surface area contributed by atoms with Crippen LogP contribution in [-0.2, 0) is 4.74 Å². The van der Waals surface area contributed by atoms with Gasteiger partial charge in [0.05, 0.1) is 11.6 Å². The third kappa shape index (κ3) is 5.18. The minimum Gasteiger partial charge on any atom is -0.506 e. The van der Waals surface area contributed by atoms with Crippen molar-refractivity contribution in [2.45, 2.75) is 38.7 Å². The van der Waals surface area contributed by atoms with Gasteiger partial charge < -0.3 is 15.6 Å². The first-order valence-corrected chi connectivity index (χ1v) is 6.45. The van der Waals surface area contributed by atoms with Gasteiger partial charge in [-0.3, -0.25) is 5.32 Å². The van der Waals surface area contributed by atoms with Gasteiger partial charge in [0, 0.05) is 6.54 Å². The Morgan fingerprint density at radius 2 is 2.05 bits per heavy atom. The third-order valence-corrected chi connectivity index (χ3v) is 2.64. The minimum atomic E-state index is -2.63. The smallest absolute Gasteiger partial charge is 0.412 e. The van der Waals surface area contributed by atoms with E-state index in [1.807, 2.05) is 0 Å². The number of ether oxygens (including phenoxy) is 1. The summed E-state index contributed by atoms with van der Waals surface area (Å²) < 4.78 is 30.6. The highest BCUT2D eigenvalue weighted by molar-refractivity contribution is 5.86. The summed E-state index contributed by atoms with van der Waals surface area (Å²) in [4.78, 5) is 11.6.